The highest BCUT2D eigenvalue weighted by molar-refractivity contribution is 9.11. The minimum atomic E-state index is -0.0200. The summed E-state index contributed by atoms with van der Waals surface area (Å²) in [5.41, 5.74) is 1.02. The fourth-order valence-electron chi connectivity index (χ4n) is 1.54. The van der Waals surface area contributed by atoms with E-state index in [-0.39, 0.29) is 5.91 Å². The lowest BCUT2D eigenvalue weighted by Crippen LogP contribution is -2.24. The molecule has 5 heteroatoms. The van der Waals surface area contributed by atoms with Crippen LogP contribution in [-0.4, -0.2) is 22.8 Å². The molecule has 0 aliphatic rings. The second-order valence-electron chi connectivity index (χ2n) is 4.03. The zero-order valence-electron chi connectivity index (χ0n) is 10.4. The van der Waals surface area contributed by atoms with E-state index in [2.05, 4.69) is 20.9 Å². The second-order valence-corrected chi connectivity index (χ2v) is 6.53. The third-order valence-corrected chi connectivity index (χ3v) is 4.09. The van der Waals surface area contributed by atoms with Gasteiger partial charge in [0.25, 0.3) is 0 Å². The number of hydrogen-bond acceptors (Lipinski definition) is 3. The number of hydrogen-bond donors (Lipinski definition) is 0. The number of nitrogens with zero attached hydrogens (tertiary/aromatic N) is 2. The molecule has 3 nitrogen and oxygen atoms in total. The molecule has 0 N–H and O–H groups in total. The molecule has 0 saturated heterocycles. The van der Waals surface area contributed by atoms with Gasteiger partial charge in [-0.2, -0.15) is 0 Å². The second kappa shape index (κ2) is 6.63. The molecule has 0 unspecified atom stereocenters. The van der Waals surface area contributed by atoms with Gasteiger partial charge in [-0.1, -0.05) is 6.07 Å². The van der Waals surface area contributed by atoms with Crippen LogP contribution in [0.1, 0.15) is 10.4 Å². The Hall–Kier alpha value is -1.46. The van der Waals surface area contributed by atoms with Crippen LogP contribution in [0.15, 0.2) is 46.5 Å². The molecular formula is C14H13BrN2OS. The van der Waals surface area contributed by atoms with Crippen molar-refractivity contribution in [3.05, 3.63) is 57.0 Å². The topological polar surface area (TPSA) is 33.2 Å². The van der Waals surface area contributed by atoms with Crippen LogP contribution in [-0.2, 0) is 11.3 Å². The molecule has 2 heterocycles. The number of thiophene rings is 1. The number of carbonyl (C=O) groups excluding carboxylic acids is 1. The van der Waals surface area contributed by atoms with Crippen LogP contribution < -0.4 is 0 Å². The number of halogens is 1. The van der Waals surface area contributed by atoms with Gasteiger partial charge in [0.05, 0.1) is 3.79 Å². The Morgan fingerprint density at radius 1 is 1.47 bits per heavy atom. The Labute approximate surface area is 124 Å². The first-order chi connectivity index (χ1) is 9.15. The largest absolute Gasteiger partial charge is 0.338 e. The maximum absolute atomic E-state index is 11.9. The fourth-order valence-corrected chi connectivity index (χ4v) is 2.87. The molecule has 19 heavy (non-hydrogen) atoms. The molecule has 0 aliphatic heterocycles. The predicted octanol–water partition coefficient (Wildman–Crippen LogP) is 3.58. The van der Waals surface area contributed by atoms with E-state index in [0.717, 1.165) is 14.2 Å². The van der Waals surface area contributed by atoms with Crippen LogP contribution in [0.4, 0.5) is 0 Å². The predicted molar refractivity (Wildman–Crippen MR) is 81.8 cm³/mol. The number of likely N-dealkylation sites (N-methyl/N-ethyl adjacent to an activating group) is 1. The average molecular weight is 337 g/mol. The summed E-state index contributed by atoms with van der Waals surface area (Å²) in [5.74, 6) is -0.0200. The molecule has 98 valence electrons. The Morgan fingerprint density at radius 2 is 2.32 bits per heavy atom. The first kappa shape index (κ1) is 14.0. The summed E-state index contributed by atoms with van der Waals surface area (Å²) in [7, 11) is 1.78. The Kier molecular flexibility index (Phi) is 4.87. The number of rotatable bonds is 4. The summed E-state index contributed by atoms with van der Waals surface area (Å²) < 4.78 is 1.06. The van der Waals surface area contributed by atoms with E-state index in [1.54, 1.807) is 41.8 Å². The van der Waals surface area contributed by atoms with Crippen molar-refractivity contribution in [3.8, 4) is 0 Å². The van der Waals surface area contributed by atoms with Gasteiger partial charge in [-0.15, -0.1) is 11.3 Å². The zero-order chi connectivity index (χ0) is 13.7. The van der Waals surface area contributed by atoms with Gasteiger partial charge >= 0.3 is 0 Å². The Bertz CT molecular complexity index is 580. The summed E-state index contributed by atoms with van der Waals surface area (Å²) in [4.78, 5) is 18.7. The lowest BCUT2D eigenvalue weighted by molar-refractivity contribution is -0.125. The van der Waals surface area contributed by atoms with Crippen LogP contribution in [0, 0.1) is 0 Å². The molecule has 0 atom stereocenters. The van der Waals surface area contributed by atoms with Crippen molar-refractivity contribution in [3.63, 3.8) is 0 Å². The van der Waals surface area contributed by atoms with Crippen LogP contribution in [0.2, 0.25) is 0 Å². The van der Waals surface area contributed by atoms with Gasteiger partial charge in [-0.05, 0) is 45.8 Å². The minimum Gasteiger partial charge on any atom is -0.338 e. The molecule has 0 fully saturated rings. The normalized spacial score (nSPS) is 10.8. The first-order valence-electron chi connectivity index (χ1n) is 5.72. The monoisotopic (exact) mass is 336 g/mol. The molecule has 1 amide bonds. The number of carbonyl (C=O) groups is 1. The molecule has 0 spiro atoms. The van der Waals surface area contributed by atoms with Crippen molar-refractivity contribution in [1.29, 1.82) is 0 Å². The summed E-state index contributed by atoms with van der Waals surface area (Å²) in [6, 6.07) is 7.76. The SMILES string of the molecule is CN(Cc1cccnc1)C(=O)C=Cc1ccc(Br)s1. The molecular weight excluding hydrogens is 324 g/mol. The third-order valence-electron chi connectivity index (χ3n) is 2.50. The van der Waals surface area contributed by atoms with Crippen molar-refractivity contribution in [1.82, 2.24) is 9.88 Å². The van der Waals surface area contributed by atoms with Crippen molar-refractivity contribution in [2.24, 2.45) is 0 Å². The minimum absolute atomic E-state index is 0.0200. The van der Waals surface area contributed by atoms with Crippen molar-refractivity contribution >= 4 is 39.2 Å². The number of pyridine rings is 1. The summed E-state index contributed by atoms with van der Waals surface area (Å²) in [6.45, 7) is 0.561. The van der Waals surface area contributed by atoms with Crippen LogP contribution >= 0.6 is 27.3 Å². The third kappa shape index (κ3) is 4.29. The highest BCUT2D eigenvalue weighted by Crippen LogP contribution is 2.23. The van der Waals surface area contributed by atoms with Crippen LogP contribution in [0.25, 0.3) is 6.08 Å². The van der Waals surface area contributed by atoms with Gasteiger partial charge in [-0.25, -0.2) is 0 Å². The van der Waals surface area contributed by atoms with E-state index in [9.17, 15) is 4.79 Å². The summed E-state index contributed by atoms with van der Waals surface area (Å²) in [6.07, 6.45) is 6.91. The lowest BCUT2D eigenvalue weighted by atomic mass is 10.2. The fraction of sp³-hybridized carbons (Fsp3) is 0.143. The van der Waals surface area contributed by atoms with Gasteiger partial charge in [0.15, 0.2) is 0 Å². The maximum atomic E-state index is 11.9. The lowest BCUT2D eigenvalue weighted by Gasteiger charge is -2.14. The molecule has 0 radical (unpaired) electrons. The van der Waals surface area contributed by atoms with Gasteiger partial charge in [0, 0.05) is 36.9 Å². The highest BCUT2D eigenvalue weighted by Gasteiger charge is 2.05. The molecule has 0 bridgehead atoms. The molecule has 2 rings (SSSR count). The molecule has 0 aliphatic carbocycles. The number of aromatic nitrogens is 1. The van der Waals surface area contributed by atoms with Crippen molar-refractivity contribution < 1.29 is 4.79 Å². The standard InChI is InChI=1S/C14H13BrN2OS/c1-17(10-11-3-2-8-16-9-11)14(18)7-5-12-4-6-13(15)19-12/h2-9H,10H2,1H3. The van der Waals surface area contributed by atoms with Gasteiger partial charge in [0.1, 0.15) is 0 Å². The van der Waals surface area contributed by atoms with E-state index in [0.29, 0.717) is 6.54 Å². The first-order valence-corrected chi connectivity index (χ1v) is 7.33. The van der Waals surface area contributed by atoms with E-state index >= 15 is 0 Å². The van der Waals surface area contributed by atoms with Gasteiger partial charge in [0.2, 0.25) is 5.91 Å². The molecule has 0 saturated carbocycles. The maximum Gasteiger partial charge on any atom is 0.246 e. The zero-order valence-corrected chi connectivity index (χ0v) is 12.8. The molecule has 2 aromatic rings. The van der Waals surface area contributed by atoms with Crippen molar-refractivity contribution in [2.75, 3.05) is 7.05 Å². The quantitative estimate of drug-likeness (QED) is 0.799. The smallest absolute Gasteiger partial charge is 0.246 e. The average Bonchev–Trinajstić information content (AvgIpc) is 2.83. The van der Waals surface area contributed by atoms with Gasteiger partial charge < -0.3 is 4.90 Å². The van der Waals surface area contributed by atoms with E-state index in [1.165, 1.54) is 0 Å². The summed E-state index contributed by atoms with van der Waals surface area (Å²) in [5, 5.41) is 0. The van der Waals surface area contributed by atoms with Crippen LogP contribution in [0.5, 0.6) is 0 Å². The Balaban J connectivity index is 1.94. The van der Waals surface area contributed by atoms with Crippen molar-refractivity contribution in [2.45, 2.75) is 6.54 Å². The molecule has 0 aromatic carbocycles. The molecule has 2 aromatic heterocycles. The van der Waals surface area contributed by atoms with Crippen LogP contribution in [0.3, 0.4) is 0 Å². The van der Waals surface area contributed by atoms with Gasteiger partial charge in [-0.3, -0.25) is 9.78 Å². The highest BCUT2D eigenvalue weighted by atomic mass is 79.9. The summed E-state index contributed by atoms with van der Waals surface area (Å²) >= 11 is 4.99. The number of amides is 1. The van der Waals surface area contributed by atoms with E-state index in [4.69, 9.17) is 0 Å². The van der Waals surface area contributed by atoms with E-state index < -0.39 is 0 Å². The Morgan fingerprint density at radius 3 is 2.95 bits per heavy atom. The van der Waals surface area contributed by atoms with E-state index in [1.807, 2.05) is 30.3 Å².